The van der Waals surface area contributed by atoms with Crippen molar-refractivity contribution in [3.63, 3.8) is 0 Å². The van der Waals surface area contributed by atoms with E-state index >= 15 is 0 Å². The lowest BCUT2D eigenvalue weighted by Crippen LogP contribution is -2.36. The summed E-state index contributed by atoms with van der Waals surface area (Å²) < 4.78 is 29.0. The fourth-order valence-corrected chi connectivity index (χ4v) is 2.98. The molecule has 0 radical (unpaired) electrons. The molecule has 2 aromatic rings. The lowest BCUT2D eigenvalue weighted by Gasteiger charge is -2.10. The maximum Gasteiger partial charge on any atom is 0.387 e. The normalized spacial score (nSPS) is 11.2. The molecule has 0 bridgehead atoms. The van der Waals surface area contributed by atoms with Crippen LogP contribution in [0, 0.1) is 13.8 Å². The molecule has 0 fully saturated rings. The quantitative estimate of drug-likeness (QED) is 0.342. The number of aliphatic imine (C=N–C) groups is 1. The number of guanidine groups is 1. The van der Waals surface area contributed by atoms with Gasteiger partial charge in [-0.25, -0.2) is 9.98 Å². The fraction of sp³-hybridized carbons (Fsp3) is 0.412. The minimum atomic E-state index is -2.83. The summed E-state index contributed by atoms with van der Waals surface area (Å²) in [6.07, 6.45) is 0. The third-order valence-corrected chi connectivity index (χ3v) is 4.44. The first-order chi connectivity index (χ1) is 12.0. The Morgan fingerprint density at radius 2 is 2.08 bits per heavy atom. The second-order valence-corrected chi connectivity index (χ2v) is 6.61. The van der Waals surface area contributed by atoms with Crippen LogP contribution in [0.5, 0.6) is 5.75 Å². The molecule has 0 spiro atoms. The zero-order valence-electron chi connectivity index (χ0n) is 14.9. The third kappa shape index (κ3) is 7.40. The van der Waals surface area contributed by atoms with Crippen LogP contribution in [-0.4, -0.2) is 24.1 Å². The van der Waals surface area contributed by atoms with Crippen molar-refractivity contribution in [1.82, 2.24) is 15.6 Å². The van der Waals surface area contributed by atoms with Gasteiger partial charge in [0.1, 0.15) is 10.8 Å². The number of ether oxygens (including phenoxy) is 1. The molecule has 0 amide bonds. The van der Waals surface area contributed by atoms with Crippen molar-refractivity contribution in [3.8, 4) is 5.75 Å². The van der Waals surface area contributed by atoms with Crippen molar-refractivity contribution in [1.29, 1.82) is 0 Å². The zero-order valence-corrected chi connectivity index (χ0v) is 18.0. The van der Waals surface area contributed by atoms with Gasteiger partial charge in [-0.15, -0.1) is 35.3 Å². The number of hydrogen-bond donors (Lipinski definition) is 2. The summed E-state index contributed by atoms with van der Waals surface area (Å²) in [6, 6.07) is 6.55. The number of alkyl halides is 2. The molecule has 0 atom stereocenters. The lowest BCUT2D eigenvalue weighted by atomic mass is 10.2. The van der Waals surface area contributed by atoms with Crippen molar-refractivity contribution < 1.29 is 13.5 Å². The summed E-state index contributed by atoms with van der Waals surface area (Å²) in [5.41, 5.74) is 1.83. The van der Waals surface area contributed by atoms with Gasteiger partial charge in [-0.1, -0.05) is 12.1 Å². The topological polar surface area (TPSA) is 58.5 Å². The smallest absolute Gasteiger partial charge is 0.387 e. The summed E-state index contributed by atoms with van der Waals surface area (Å²) in [7, 11) is 0. The Morgan fingerprint density at radius 3 is 2.69 bits per heavy atom. The van der Waals surface area contributed by atoms with Crippen LogP contribution in [0.3, 0.4) is 0 Å². The van der Waals surface area contributed by atoms with Crippen molar-refractivity contribution in [2.24, 2.45) is 4.99 Å². The van der Waals surface area contributed by atoms with Crippen molar-refractivity contribution in [2.45, 2.75) is 40.5 Å². The SMILES string of the molecule is CCNC(=NCc1cccc(OC(F)F)c1)NCc1nc(C)c(C)s1.I. The highest BCUT2D eigenvalue weighted by molar-refractivity contribution is 14.0. The van der Waals surface area contributed by atoms with Crippen LogP contribution in [0.25, 0.3) is 0 Å². The standard InChI is InChI=1S/C17H22F2N4OS.HI/c1-4-20-17(22-10-15-23-11(2)12(3)25-15)21-9-13-6-5-7-14(8-13)24-16(18)19;/h5-8,16H,4,9-10H2,1-3H3,(H2,20,21,22);1H. The van der Waals surface area contributed by atoms with E-state index in [1.807, 2.05) is 26.8 Å². The summed E-state index contributed by atoms with van der Waals surface area (Å²) in [5.74, 6) is 0.780. The Bertz CT molecular complexity index is 705. The Kier molecular flexibility index (Phi) is 9.78. The van der Waals surface area contributed by atoms with Gasteiger partial charge in [0.05, 0.1) is 18.8 Å². The number of halogens is 3. The molecule has 0 aliphatic rings. The first-order valence-corrected chi connectivity index (χ1v) is 8.78. The van der Waals surface area contributed by atoms with E-state index in [0.717, 1.165) is 22.8 Å². The molecule has 2 rings (SSSR count). The molecule has 1 aromatic heterocycles. The summed E-state index contributed by atoms with van der Waals surface area (Å²) in [6.45, 7) is 4.84. The number of nitrogens with zero attached hydrogens (tertiary/aromatic N) is 2. The van der Waals surface area contributed by atoms with Crippen molar-refractivity contribution in [3.05, 3.63) is 45.4 Å². The molecule has 0 unspecified atom stereocenters. The fourth-order valence-electron chi connectivity index (χ4n) is 2.11. The second kappa shape index (κ2) is 11.3. The maximum atomic E-state index is 12.3. The average Bonchev–Trinajstić information content (AvgIpc) is 2.88. The van der Waals surface area contributed by atoms with Crippen molar-refractivity contribution in [2.75, 3.05) is 6.54 Å². The predicted octanol–water partition coefficient (Wildman–Crippen LogP) is 4.23. The summed E-state index contributed by atoms with van der Waals surface area (Å²) >= 11 is 1.65. The van der Waals surface area contributed by atoms with E-state index < -0.39 is 6.61 Å². The molecule has 2 N–H and O–H groups in total. The number of benzene rings is 1. The van der Waals surface area contributed by atoms with Gasteiger partial charge in [-0.2, -0.15) is 8.78 Å². The van der Waals surface area contributed by atoms with E-state index in [-0.39, 0.29) is 29.7 Å². The van der Waals surface area contributed by atoms with Gasteiger partial charge >= 0.3 is 6.61 Å². The van der Waals surface area contributed by atoms with Crippen LogP contribution in [-0.2, 0) is 13.1 Å². The molecule has 0 aliphatic carbocycles. The van der Waals surface area contributed by atoms with Crippen LogP contribution in [0.15, 0.2) is 29.3 Å². The van der Waals surface area contributed by atoms with Crippen LogP contribution >= 0.6 is 35.3 Å². The van der Waals surface area contributed by atoms with Crippen LogP contribution < -0.4 is 15.4 Å². The molecule has 1 heterocycles. The van der Waals surface area contributed by atoms with Gasteiger partial charge in [-0.3, -0.25) is 0 Å². The minimum Gasteiger partial charge on any atom is -0.435 e. The molecular formula is C17H23F2IN4OS. The Labute approximate surface area is 173 Å². The average molecular weight is 496 g/mol. The first kappa shape index (κ1) is 22.6. The lowest BCUT2D eigenvalue weighted by molar-refractivity contribution is -0.0498. The Balaban J connectivity index is 0.00000338. The van der Waals surface area contributed by atoms with E-state index in [1.165, 1.54) is 10.9 Å². The predicted molar refractivity (Wildman–Crippen MR) is 112 cm³/mol. The van der Waals surface area contributed by atoms with Gasteiger partial charge in [0.2, 0.25) is 0 Å². The highest BCUT2D eigenvalue weighted by Gasteiger charge is 2.06. The minimum absolute atomic E-state index is 0. The molecule has 9 heteroatoms. The van der Waals surface area contributed by atoms with E-state index in [0.29, 0.717) is 19.0 Å². The summed E-state index contributed by atoms with van der Waals surface area (Å²) in [4.78, 5) is 10.2. The van der Waals surface area contributed by atoms with E-state index in [1.54, 1.807) is 23.5 Å². The van der Waals surface area contributed by atoms with E-state index in [4.69, 9.17) is 0 Å². The molecule has 0 saturated heterocycles. The number of aromatic nitrogens is 1. The number of nitrogens with one attached hydrogen (secondary N) is 2. The van der Waals surface area contributed by atoms with Gasteiger partial charge in [-0.05, 0) is 38.5 Å². The van der Waals surface area contributed by atoms with Gasteiger partial charge in [0, 0.05) is 11.4 Å². The molecule has 1 aromatic carbocycles. The van der Waals surface area contributed by atoms with Gasteiger partial charge < -0.3 is 15.4 Å². The van der Waals surface area contributed by atoms with Crippen molar-refractivity contribution >= 4 is 41.3 Å². The van der Waals surface area contributed by atoms with E-state index in [9.17, 15) is 8.78 Å². The third-order valence-electron chi connectivity index (χ3n) is 3.37. The number of rotatable bonds is 7. The van der Waals surface area contributed by atoms with Gasteiger partial charge in [0.25, 0.3) is 0 Å². The van der Waals surface area contributed by atoms with Gasteiger partial charge in [0.15, 0.2) is 5.96 Å². The number of aryl methyl sites for hydroxylation is 2. The molecule has 0 aliphatic heterocycles. The first-order valence-electron chi connectivity index (χ1n) is 7.96. The number of thiazole rings is 1. The summed E-state index contributed by atoms with van der Waals surface area (Å²) in [5, 5.41) is 7.38. The highest BCUT2D eigenvalue weighted by atomic mass is 127. The monoisotopic (exact) mass is 496 g/mol. The Morgan fingerprint density at radius 1 is 1.31 bits per heavy atom. The second-order valence-electron chi connectivity index (χ2n) is 5.32. The maximum absolute atomic E-state index is 12.3. The zero-order chi connectivity index (χ0) is 18.2. The molecule has 5 nitrogen and oxygen atoms in total. The molecule has 26 heavy (non-hydrogen) atoms. The number of hydrogen-bond acceptors (Lipinski definition) is 4. The Hall–Kier alpha value is -1.49. The van der Waals surface area contributed by atoms with Crippen LogP contribution in [0.1, 0.15) is 28.1 Å². The highest BCUT2D eigenvalue weighted by Crippen LogP contribution is 2.17. The molecule has 0 saturated carbocycles. The van der Waals surface area contributed by atoms with Crippen LogP contribution in [0.4, 0.5) is 8.78 Å². The molecule has 144 valence electrons. The van der Waals surface area contributed by atoms with E-state index in [2.05, 4.69) is 25.3 Å². The largest absolute Gasteiger partial charge is 0.435 e. The van der Waals surface area contributed by atoms with Crippen LogP contribution in [0.2, 0.25) is 0 Å². The molecular weight excluding hydrogens is 473 g/mol.